The Balaban J connectivity index is 1.42. The van der Waals surface area contributed by atoms with Crippen LogP contribution in [0.15, 0.2) is 95.9 Å². The van der Waals surface area contributed by atoms with Crippen molar-refractivity contribution in [2.45, 2.75) is 13.0 Å². The van der Waals surface area contributed by atoms with Crippen LogP contribution in [0.25, 0.3) is 22.0 Å². The van der Waals surface area contributed by atoms with Gasteiger partial charge in [-0.3, -0.25) is 9.59 Å². The first kappa shape index (κ1) is 36.4. The Morgan fingerprint density at radius 2 is 1.77 bits per heavy atom. The van der Waals surface area contributed by atoms with Crippen LogP contribution in [0.3, 0.4) is 0 Å². The number of benzene rings is 3. The van der Waals surface area contributed by atoms with Gasteiger partial charge in [-0.25, -0.2) is 4.98 Å². The third-order valence-corrected chi connectivity index (χ3v) is 9.35. The Labute approximate surface area is 308 Å². The molecule has 12 heteroatoms. The maximum absolute atomic E-state index is 14.7. The number of rotatable bonds is 12. The number of pyridine rings is 2. The van der Waals surface area contributed by atoms with Crippen LogP contribution < -0.4 is 30.6 Å². The Hall–Kier alpha value is -5.36. The first-order chi connectivity index (χ1) is 25.1. The number of ether oxygens (including phenoxy) is 3. The molecule has 1 saturated heterocycles. The van der Waals surface area contributed by atoms with Crippen LogP contribution in [0.1, 0.15) is 18.5 Å². The molecule has 3 aromatic carbocycles. The Morgan fingerprint density at radius 3 is 2.48 bits per heavy atom. The largest absolute Gasteiger partial charge is 0.497 e. The average Bonchev–Trinajstić information content (AvgIpc) is 3.15. The molecule has 270 valence electrons. The van der Waals surface area contributed by atoms with E-state index in [0.717, 1.165) is 35.4 Å². The SMILES string of the molecule is COc1cc(OC)c(Cl)c(-c2cc3cnc(Nc4ccc(N5CCOCC5)cc4)cc3n(C(C)c3cccc(NC(=O)/C=C/CN(C)C)c3)c2=O)c1. The summed E-state index contributed by atoms with van der Waals surface area (Å²) in [5.74, 6) is 1.22. The first-order valence-corrected chi connectivity index (χ1v) is 17.4. The van der Waals surface area contributed by atoms with E-state index in [1.807, 2.05) is 68.4 Å². The zero-order chi connectivity index (χ0) is 36.8. The smallest absolute Gasteiger partial charge is 0.259 e. The summed E-state index contributed by atoms with van der Waals surface area (Å²) in [5.41, 5.74) is 4.64. The van der Waals surface area contributed by atoms with E-state index in [4.69, 9.17) is 30.8 Å². The van der Waals surface area contributed by atoms with E-state index in [2.05, 4.69) is 27.7 Å². The van der Waals surface area contributed by atoms with Crippen LogP contribution in [-0.2, 0) is 9.53 Å². The van der Waals surface area contributed by atoms with Crippen molar-refractivity contribution < 1.29 is 19.0 Å². The summed E-state index contributed by atoms with van der Waals surface area (Å²) in [6.45, 7) is 5.74. The molecule has 1 unspecified atom stereocenters. The second-order valence-electron chi connectivity index (χ2n) is 12.8. The van der Waals surface area contributed by atoms with Gasteiger partial charge >= 0.3 is 0 Å². The van der Waals surface area contributed by atoms with Crippen LogP contribution in [0.2, 0.25) is 5.02 Å². The van der Waals surface area contributed by atoms with Crippen molar-refractivity contribution in [1.29, 1.82) is 0 Å². The number of likely N-dealkylation sites (N-methyl/N-ethyl adjacent to an activating group) is 1. The number of methoxy groups -OCH3 is 2. The molecule has 1 amide bonds. The lowest BCUT2D eigenvalue weighted by Crippen LogP contribution is -2.36. The number of halogens is 1. The molecule has 5 aromatic rings. The molecule has 1 fully saturated rings. The van der Waals surface area contributed by atoms with Crippen molar-refractivity contribution >= 4 is 51.3 Å². The first-order valence-electron chi connectivity index (χ1n) is 17.0. The number of hydrogen-bond donors (Lipinski definition) is 2. The molecule has 1 aliphatic rings. The molecule has 2 N–H and O–H groups in total. The number of hydrogen-bond acceptors (Lipinski definition) is 9. The molecule has 3 heterocycles. The molecule has 0 bridgehead atoms. The summed E-state index contributed by atoms with van der Waals surface area (Å²) < 4.78 is 18.3. The topological polar surface area (TPSA) is 110 Å². The molecular weight excluding hydrogens is 680 g/mol. The molecule has 0 saturated carbocycles. The molecule has 1 aliphatic heterocycles. The second-order valence-corrected chi connectivity index (χ2v) is 13.2. The van der Waals surface area contributed by atoms with Crippen LogP contribution in [0.5, 0.6) is 11.5 Å². The minimum absolute atomic E-state index is 0.238. The normalized spacial score (nSPS) is 13.8. The van der Waals surface area contributed by atoms with E-state index in [0.29, 0.717) is 59.4 Å². The fourth-order valence-corrected chi connectivity index (χ4v) is 6.51. The Kier molecular flexibility index (Phi) is 11.4. The number of fused-ring (bicyclic) bond motifs is 1. The predicted molar refractivity (Wildman–Crippen MR) is 209 cm³/mol. The van der Waals surface area contributed by atoms with Crippen LogP contribution in [0, 0.1) is 0 Å². The number of carbonyl (C=O) groups is 1. The van der Waals surface area contributed by atoms with E-state index in [1.54, 1.807) is 42.1 Å². The highest BCUT2D eigenvalue weighted by Gasteiger charge is 2.22. The minimum atomic E-state index is -0.467. The summed E-state index contributed by atoms with van der Waals surface area (Å²) in [6.07, 6.45) is 5.06. The summed E-state index contributed by atoms with van der Waals surface area (Å²) in [6, 6.07) is 22.3. The molecule has 0 radical (unpaired) electrons. The van der Waals surface area contributed by atoms with E-state index in [1.165, 1.54) is 13.2 Å². The molecule has 0 aliphatic carbocycles. The van der Waals surface area contributed by atoms with Crippen molar-refractivity contribution in [3.8, 4) is 22.6 Å². The number of carbonyl (C=O) groups excluding carboxylic acids is 1. The third-order valence-electron chi connectivity index (χ3n) is 8.96. The quantitative estimate of drug-likeness (QED) is 0.132. The number of nitrogens with zero attached hydrogens (tertiary/aromatic N) is 4. The lowest BCUT2D eigenvalue weighted by molar-refractivity contribution is -0.111. The molecule has 52 heavy (non-hydrogen) atoms. The lowest BCUT2D eigenvalue weighted by atomic mass is 10.0. The van der Waals surface area contributed by atoms with E-state index in [-0.39, 0.29) is 16.5 Å². The second kappa shape index (κ2) is 16.3. The maximum atomic E-state index is 14.7. The van der Waals surface area contributed by atoms with Gasteiger partial charge in [0, 0.05) is 77.6 Å². The Bertz CT molecular complexity index is 2140. The number of morpholine rings is 1. The molecule has 11 nitrogen and oxygen atoms in total. The average molecular weight is 723 g/mol. The predicted octanol–water partition coefficient (Wildman–Crippen LogP) is 6.98. The van der Waals surface area contributed by atoms with Crippen molar-refractivity contribution in [1.82, 2.24) is 14.5 Å². The Morgan fingerprint density at radius 1 is 1.00 bits per heavy atom. The molecule has 2 aromatic heterocycles. The fourth-order valence-electron chi connectivity index (χ4n) is 6.22. The van der Waals surface area contributed by atoms with Crippen molar-refractivity contribution in [3.05, 3.63) is 112 Å². The van der Waals surface area contributed by atoms with Crippen molar-refractivity contribution in [2.24, 2.45) is 0 Å². The van der Waals surface area contributed by atoms with Gasteiger partial charge in [-0.2, -0.15) is 0 Å². The molecular formula is C40H43ClN6O5. The van der Waals surface area contributed by atoms with Gasteiger partial charge in [-0.15, -0.1) is 0 Å². The van der Waals surface area contributed by atoms with Crippen LogP contribution >= 0.6 is 11.6 Å². The van der Waals surface area contributed by atoms with Gasteiger partial charge in [0.05, 0.1) is 44.0 Å². The zero-order valence-corrected chi connectivity index (χ0v) is 30.7. The van der Waals surface area contributed by atoms with Gasteiger partial charge in [-0.1, -0.05) is 29.8 Å². The summed E-state index contributed by atoms with van der Waals surface area (Å²) in [4.78, 5) is 36.4. The number of anilines is 4. The van der Waals surface area contributed by atoms with Gasteiger partial charge in [-0.05, 0) is 75.1 Å². The molecule has 0 spiro atoms. The van der Waals surface area contributed by atoms with Gasteiger partial charge < -0.3 is 39.2 Å². The van der Waals surface area contributed by atoms with Crippen LogP contribution in [0.4, 0.5) is 22.9 Å². The zero-order valence-electron chi connectivity index (χ0n) is 30.0. The number of nitrogens with one attached hydrogen (secondary N) is 2. The fraction of sp³-hybridized carbons (Fsp3) is 0.275. The lowest BCUT2D eigenvalue weighted by Gasteiger charge is -2.28. The standard InChI is InChI=1S/C40H43ClN6O5/c1-26(27-8-6-9-30(20-27)44-38(48)10-7-15-45(2)3)47-35-24-37(43-29-11-13-31(14-12-29)46-16-18-52-19-17-46)42-25-28(35)21-34(40(47)49)33-22-32(50-4)23-36(51-5)39(33)41/h6-14,20-26H,15-19H2,1-5H3,(H,42,43)(H,44,48)/b10-7+. The number of amides is 1. The van der Waals surface area contributed by atoms with E-state index < -0.39 is 6.04 Å². The van der Waals surface area contributed by atoms with Crippen molar-refractivity contribution in [3.63, 3.8) is 0 Å². The molecule has 1 atom stereocenters. The highest BCUT2D eigenvalue weighted by molar-refractivity contribution is 6.35. The number of aromatic nitrogens is 2. The maximum Gasteiger partial charge on any atom is 0.259 e. The summed E-state index contributed by atoms with van der Waals surface area (Å²) >= 11 is 6.83. The summed E-state index contributed by atoms with van der Waals surface area (Å²) in [5, 5.41) is 7.36. The molecule has 6 rings (SSSR count). The van der Waals surface area contributed by atoms with Gasteiger partial charge in [0.1, 0.15) is 17.3 Å². The minimum Gasteiger partial charge on any atom is -0.497 e. The van der Waals surface area contributed by atoms with Gasteiger partial charge in [0.15, 0.2) is 0 Å². The monoisotopic (exact) mass is 722 g/mol. The van der Waals surface area contributed by atoms with Gasteiger partial charge in [0.2, 0.25) is 5.91 Å². The van der Waals surface area contributed by atoms with E-state index in [9.17, 15) is 9.59 Å². The third kappa shape index (κ3) is 8.23. The highest BCUT2D eigenvalue weighted by Crippen LogP contribution is 2.39. The van der Waals surface area contributed by atoms with Crippen LogP contribution in [-0.4, -0.2) is 81.5 Å². The van der Waals surface area contributed by atoms with Crippen molar-refractivity contribution in [2.75, 3.05) is 76.7 Å². The van der Waals surface area contributed by atoms with Gasteiger partial charge in [0.25, 0.3) is 5.56 Å². The summed E-state index contributed by atoms with van der Waals surface area (Å²) in [7, 11) is 6.94. The highest BCUT2D eigenvalue weighted by atomic mass is 35.5. The van der Waals surface area contributed by atoms with E-state index >= 15 is 0 Å².